The normalized spacial score (nSPS) is 21.6. The molecule has 0 amide bonds. The van der Waals surface area contributed by atoms with E-state index in [4.69, 9.17) is 0 Å². The summed E-state index contributed by atoms with van der Waals surface area (Å²) in [6.07, 6.45) is 12.3. The number of fused-ring (bicyclic) bond motifs is 3. The zero-order valence-electron chi connectivity index (χ0n) is 16.7. The van der Waals surface area contributed by atoms with E-state index in [2.05, 4.69) is 91.4 Å². The molecule has 0 aliphatic heterocycles. The van der Waals surface area contributed by atoms with Gasteiger partial charge in [-0.25, -0.2) is 0 Å². The third-order valence-electron chi connectivity index (χ3n) is 6.14. The maximum atomic E-state index is 3.39. The quantitative estimate of drug-likeness (QED) is 0.363. The van der Waals surface area contributed by atoms with Gasteiger partial charge in [-0.05, 0) is 84.1 Å². The standard InChI is InChI=1S/C26H26N2/c1-17(2)12-21-16-26(3,23-15-25-20(8-11-28-25)14-22(21)23)9-6-18-4-5-24-19(13-18)7-10-27-24/h4-15,21,27-28H,16H2,1-3H3/t21-,26-/m0/s1. The van der Waals surface area contributed by atoms with Gasteiger partial charge in [0, 0.05) is 34.8 Å². The minimum absolute atomic E-state index is 0.0261. The molecule has 2 nitrogen and oxygen atoms in total. The maximum Gasteiger partial charge on any atom is 0.0457 e. The van der Waals surface area contributed by atoms with Gasteiger partial charge >= 0.3 is 0 Å². The first kappa shape index (κ1) is 17.1. The van der Waals surface area contributed by atoms with E-state index in [0.717, 1.165) is 6.42 Å². The van der Waals surface area contributed by atoms with Crippen molar-refractivity contribution < 1.29 is 0 Å². The first-order valence-corrected chi connectivity index (χ1v) is 10.0. The molecule has 0 saturated carbocycles. The Kier molecular flexibility index (Phi) is 3.83. The van der Waals surface area contributed by atoms with Crippen LogP contribution >= 0.6 is 0 Å². The summed E-state index contributed by atoms with van der Waals surface area (Å²) >= 11 is 0. The molecule has 0 radical (unpaired) electrons. The number of H-pyrrole nitrogens is 2. The first-order valence-electron chi connectivity index (χ1n) is 10.0. The number of rotatable bonds is 3. The third kappa shape index (κ3) is 2.80. The molecule has 0 bridgehead atoms. The van der Waals surface area contributed by atoms with Gasteiger partial charge in [-0.15, -0.1) is 0 Å². The number of hydrogen-bond donors (Lipinski definition) is 2. The summed E-state index contributed by atoms with van der Waals surface area (Å²) in [5.41, 5.74) is 8.00. The molecular formula is C26H26N2. The largest absolute Gasteiger partial charge is 0.361 e. The van der Waals surface area contributed by atoms with Crippen LogP contribution in [0.3, 0.4) is 0 Å². The molecule has 1 aliphatic rings. The Hall–Kier alpha value is -3.00. The fraction of sp³-hybridized carbons (Fsp3) is 0.231. The Morgan fingerprint density at radius 2 is 1.71 bits per heavy atom. The summed E-state index contributed by atoms with van der Waals surface area (Å²) in [6, 6.07) is 15.7. The number of aromatic amines is 2. The van der Waals surface area contributed by atoms with E-state index in [-0.39, 0.29) is 5.41 Å². The molecule has 0 fully saturated rings. The van der Waals surface area contributed by atoms with Gasteiger partial charge in [0.25, 0.3) is 0 Å². The summed E-state index contributed by atoms with van der Waals surface area (Å²) in [7, 11) is 0. The van der Waals surface area contributed by atoms with Crippen molar-refractivity contribution in [3.8, 4) is 0 Å². The van der Waals surface area contributed by atoms with Crippen LogP contribution in [0.4, 0.5) is 0 Å². The highest BCUT2D eigenvalue weighted by Gasteiger charge is 2.37. The van der Waals surface area contributed by atoms with Crippen LogP contribution in [0.2, 0.25) is 0 Å². The van der Waals surface area contributed by atoms with Crippen LogP contribution in [-0.4, -0.2) is 9.97 Å². The highest BCUT2D eigenvalue weighted by atomic mass is 14.7. The number of allylic oxidation sites excluding steroid dienone is 3. The first-order chi connectivity index (χ1) is 13.5. The van der Waals surface area contributed by atoms with E-state index in [0.29, 0.717) is 5.92 Å². The van der Waals surface area contributed by atoms with Crippen molar-refractivity contribution in [2.75, 3.05) is 0 Å². The average molecular weight is 367 g/mol. The molecule has 2 heterocycles. The van der Waals surface area contributed by atoms with Crippen molar-refractivity contribution in [1.29, 1.82) is 0 Å². The van der Waals surface area contributed by atoms with Crippen LogP contribution in [-0.2, 0) is 5.41 Å². The number of hydrogen-bond acceptors (Lipinski definition) is 0. The SMILES string of the molecule is CC(C)=C[C@H]1C[C@](C)(C=Cc2ccc3[nH]ccc3c2)c2cc3[nH]ccc3cc21. The van der Waals surface area contributed by atoms with Gasteiger partial charge in [0.2, 0.25) is 0 Å². The minimum Gasteiger partial charge on any atom is -0.361 e. The van der Waals surface area contributed by atoms with Crippen molar-refractivity contribution in [3.63, 3.8) is 0 Å². The van der Waals surface area contributed by atoms with Crippen LogP contribution in [0.15, 0.2) is 72.6 Å². The maximum absolute atomic E-state index is 3.39. The smallest absolute Gasteiger partial charge is 0.0457 e. The predicted molar refractivity (Wildman–Crippen MR) is 120 cm³/mol. The number of benzene rings is 2. The predicted octanol–water partition coefficient (Wildman–Crippen LogP) is 7.07. The Bertz CT molecular complexity index is 1230. The van der Waals surface area contributed by atoms with Crippen LogP contribution in [0.5, 0.6) is 0 Å². The van der Waals surface area contributed by atoms with E-state index >= 15 is 0 Å². The molecular weight excluding hydrogens is 340 g/mol. The van der Waals surface area contributed by atoms with Gasteiger partial charge in [-0.2, -0.15) is 0 Å². The summed E-state index contributed by atoms with van der Waals surface area (Å²) in [5, 5.41) is 2.56. The van der Waals surface area contributed by atoms with Crippen molar-refractivity contribution in [2.24, 2.45) is 0 Å². The Morgan fingerprint density at radius 3 is 2.50 bits per heavy atom. The second-order valence-corrected chi connectivity index (χ2v) is 8.63. The number of aromatic nitrogens is 2. The van der Waals surface area contributed by atoms with Crippen molar-refractivity contribution in [2.45, 2.75) is 38.5 Å². The molecule has 5 rings (SSSR count). The highest BCUT2D eigenvalue weighted by Crippen LogP contribution is 2.49. The van der Waals surface area contributed by atoms with E-state index in [1.807, 2.05) is 12.4 Å². The summed E-state index contributed by atoms with van der Waals surface area (Å²) in [5.74, 6) is 0.473. The topological polar surface area (TPSA) is 31.6 Å². The molecule has 0 spiro atoms. The van der Waals surface area contributed by atoms with Crippen molar-refractivity contribution in [1.82, 2.24) is 9.97 Å². The molecule has 2 atom stereocenters. The second-order valence-electron chi connectivity index (χ2n) is 8.63. The molecule has 2 heteroatoms. The van der Waals surface area contributed by atoms with E-state index in [1.54, 1.807) is 0 Å². The fourth-order valence-corrected chi connectivity index (χ4v) is 4.76. The lowest BCUT2D eigenvalue weighted by Crippen LogP contribution is -2.14. The highest BCUT2D eigenvalue weighted by molar-refractivity contribution is 5.83. The van der Waals surface area contributed by atoms with E-state index in [9.17, 15) is 0 Å². The molecule has 4 aromatic rings. The second kappa shape index (κ2) is 6.27. The van der Waals surface area contributed by atoms with Gasteiger partial charge in [0.1, 0.15) is 0 Å². The monoisotopic (exact) mass is 366 g/mol. The summed E-state index contributed by atoms with van der Waals surface area (Å²) in [4.78, 5) is 6.66. The molecule has 2 aromatic heterocycles. The molecule has 0 unspecified atom stereocenters. The van der Waals surface area contributed by atoms with E-state index in [1.165, 1.54) is 44.1 Å². The Labute approximate surface area is 166 Å². The Morgan fingerprint density at radius 1 is 0.964 bits per heavy atom. The minimum atomic E-state index is 0.0261. The van der Waals surface area contributed by atoms with Gasteiger partial charge < -0.3 is 9.97 Å². The van der Waals surface area contributed by atoms with Gasteiger partial charge in [0.15, 0.2) is 0 Å². The Balaban J connectivity index is 1.59. The van der Waals surface area contributed by atoms with Crippen LogP contribution in [0.1, 0.15) is 49.8 Å². The lowest BCUT2D eigenvalue weighted by atomic mass is 9.82. The van der Waals surface area contributed by atoms with E-state index < -0.39 is 0 Å². The van der Waals surface area contributed by atoms with Gasteiger partial charge in [-0.1, -0.05) is 36.8 Å². The van der Waals surface area contributed by atoms with Gasteiger partial charge in [0.05, 0.1) is 0 Å². The molecule has 1 aliphatic carbocycles. The zero-order chi connectivity index (χ0) is 19.3. The van der Waals surface area contributed by atoms with Crippen LogP contribution in [0.25, 0.3) is 27.9 Å². The van der Waals surface area contributed by atoms with Crippen LogP contribution < -0.4 is 0 Å². The lowest BCUT2D eigenvalue weighted by Gasteiger charge is -2.21. The van der Waals surface area contributed by atoms with Crippen molar-refractivity contribution in [3.05, 3.63) is 89.3 Å². The molecule has 28 heavy (non-hydrogen) atoms. The zero-order valence-corrected chi connectivity index (χ0v) is 16.7. The molecule has 2 N–H and O–H groups in total. The van der Waals surface area contributed by atoms with Gasteiger partial charge in [-0.3, -0.25) is 0 Å². The molecule has 140 valence electrons. The summed E-state index contributed by atoms with van der Waals surface area (Å²) < 4.78 is 0. The average Bonchev–Trinajstić information content (AvgIpc) is 3.37. The number of nitrogens with one attached hydrogen (secondary N) is 2. The third-order valence-corrected chi connectivity index (χ3v) is 6.14. The summed E-state index contributed by atoms with van der Waals surface area (Å²) in [6.45, 7) is 6.78. The fourth-order valence-electron chi connectivity index (χ4n) is 4.76. The molecule has 2 aromatic carbocycles. The van der Waals surface area contributed by atoms with Crippen LogP contribution in [0, 0.1) is 0 Å². The van der Waals surface area contributed by atoms with Crippen molar-refractivity contribution >= 4 is 27.9 Å². The lowest BCUT2D eigenvalue weighted by molar-refractivity contribution is 0.566. The molecule has 0 saturated heterocycles.